The number of rotatable bonds is 5. The fraction of sp³-hybridized carbons (Fsp3) is 0.500. The second-order valence-electron chi connectivity index (χ2n) is 5.67. The molecule has 6 heteroatoms. The highest BCUT2D eigenvalue weighted by Crippen LogP contribution is 2.28. The Kier molecular flexibility index (Phi) is 5.13. The topological polar surface area (TPSA) is 75.6 Å². The second-order valence-corrected chi connectivity index (χ2v) is 6.75. The highest BCUT2D eigenvalue weighted by Gasteiger charge is 2.43. The summed E-state index contributed by atoms with van der Waals surface area (Å²) in [6.45, 7) is 3.43. The van der Waals surface area contributed by atoms with Crippen LogP contribution in [0.5, 0.6) is 0 Å². The Balaban J connectivity index is 2.15. The number of amides is 1. The molecular weight excluding hydrogens is 302 g/mol. The van der Waals surface area contributed by atoms with Gasteiger partial charge in [-0.25, -0.2) is 4.79 Å². The number of carbonyl (C=O) groups excluding carboxylic acids is 2. The minimum absolute atomic E-state index is 0.0258. The lowest BCUT2D eigenvalue weighted by Gasteiger charge is -2.34. The normalized spacial score (nSPS) is 23.2. The van der Waals surface area contributed by atoms with Crippen molar-refractivity contribution in [3.8, 4) is 0 Å². The third-order valence-electron chi connectivity index (χ3n) is 3.96. The first-order valence-corrected chi connectivity index (χ1v) is 8.46. The largest absolute Gasteiger partial charge is 0.445 e. The van der Waals surface area contributed by atoms with Gasteiger partial charge < -0.3 is 15.2 Å². The van der Waals surface area contributed by atoms with Gasteiger partial charge >= 0.3 is 5.97 Å². The molecule has 0 saturated heterocycles. The van der Waals surface area contributed by atoms with E-state index in [9.17, 15) is 14.7 Å². The fourth-order valence-electron chi connectivity index (χ4n) is 2.55. The van der Waals surface area contributed by atoms with E-state index < -0.39 is 11.6 Å². The first-order valence-electron chi connectivity index (χ1n) is 7.17. The Morgan fingerprint density at radius 1 is 1.50 bits per heavy atom. The van der Waals surface area contributed by atoms with E-state index in [4.69, 9.17) is 4.74 Å². The second kappa shape index (κ2) is 6.71. The molecule has 0 aliphatic carbocycles. The van der Waals surface area contributed by atoms with Gasteiger partial charge in [-0.05, 0) is 31.7 Å². The highest BCUT2D eigenvalue weighted by atomic mass is 32.2. The van der Waals surface area contributed by atoms with Crippen LogP contribution in [0.4, 0.5) is 0 Å². The molecule has 1 aliphatic heterocycles. The summed E-state index contributed by atoms with van der Waals surface area (Å²) in [4.78, 5) is 24.6. The molecule has 0 bridgehead atoms. The number of carbonyl (C=O) groups is 2. The molecule has 3 atom stereocenters. The number of thioether (sulfide) groups is 1. The van der Waals surface area contributed by atoms with Crippen LogP contribution >= 0.6 is 11.8 Å². The zero-order chi connectivity index (χ0) is 16.3. The minimum Gasteiger partial charge on any atom is -0.445 e. The van der Waals surface area contributed by atoms with Crippen LogP contribution in [0.3, 0.4) is 0 Å². The van der Waals surface area contributed by atoms with E-state index in [-0.39, 0.29) is 23.8 Å². The minimum atomic E-state index is -1.22. The number of aliphatic hydroxyl groups is 1. The lowest BCUT2D eigenvalue weighted by atomic mass is 9.89. The molecule has 0 aromatic heterocycles. The number of benzene rings is 1. The molecule has 1 heterocycles. The summed E-state index contributed by atoms with van der Waals surface area (Å²) >= 11 is 1.48. The van der Waals surface area contributed by atoms with Gasteiger partial charge in [-0.15, -0.1) is 0 Å². The Morgan fingerprint density at radius 2 is 2.18 bits per heavy atom. The predicted molar refractivity (Wildman–Crippen MR) is 86.0 cm³/mol. The average molecular weight is 323 g/mol. The van der Waals surface area contributed by atoms with Gasteiger partial charge in [-0.2, -0.15) is 11.8 Å². The van der Waals surface area contributed by atoms with E-state index in [1.807, 2.05) is 25.3 Å². The number of nitrogens with one attached hydrogen (secondary N) is 1. The van der Waals surface area contributed by atoms with Crippen LogP contribution < -0.4 is 5.32 Å². The molecule has 120 valence electrons. The van der Waals surface area contributed by atoms with Crippen LogP contribution in [0.1, 0.15) is 29.8 Å². The van der Waals surface area contributed by atoms with Crippen molar-refractivity contribution >= 4 is 23.6 Å². The zero-order valence-electron chi connectivity index (χ0n) is 13.0. The van der Waals surface area contributed by atoms with Gasteiger partial charge in [-0.3, -0.25) is 4.79 Å². The monoisotopic (exact) mass is 323 g/mol. The molecule has 2 N–H and O–H groups in total. The molecule has 0 saturated carbocycles. The van der Waals surface area contributed by atoms with Crippen molar-refractivity contribution in [2.45, 2.75) is 37.2 Å². The van der Waals surface area contributed by atoms with Crippen molar-refractivity contribution in [2.24, 2.45) is 0 Å². The summed E-state index contributed by atoms with van der Waals surface area (Å²) in [7, 11) is 0. The molecule has 0 radical (unpaired) electrons. The summed E-state index contributed by atoms with van der Waals surface area (Å²) in [5, 5.41) is 12.0. The molecule has 0 unspecified atom stereocenters. The number of fused-ring (bicyclic) bond motifs is 1. The third kappa shape index (κ3) is 3.28. The molecule has 1 aliphatic rings. The molecule has 0 fully saturated rings. The maximum Gasteiger partial charge on any atom is 0.339 e. The van der Waals surface area contributed by atoms with Gasteiger partial charge in [0.2, 0.25) is 0 Å². The first-order chi connectivity index (χ1) is 10.4. The smallest absolute Gasteiger partial charge is 0.339 e. The summed E-state index contributed by atoms with van der Waals surface area (Å²) in [6.07, 6.45) is 2.22. The number of aliphatic hydroxyl groups excluding tert-OH is 1. The SMILES string of the molecule is CS[C@H](CO)[C@@H](C)NC(=O)[C@@]1(C)Cc2ccccc2C(=O)O1. The van der Waals surface area contributed by atoms with Crippen molar-refractivity contribution in [3.63, 3.8) is 0 Å². The molecule has 22 heavy (non-hydrogen) atoms. The van der Waals surface area contributed by atoms with Gasteiger partial charge in [-0.1, -0.05) is 18.2 Å². The molecule has 1 aromatic carbocycles. The summed E-state index contributed by atoms with van der Waals surface area (Å²) < 4.78 is 5.39. The van der Waals surface area contributed by atoms with Crippen molar-refractivity contribution in [1.82, 2.24) is 5.32 Å². The molecule has 2 rings (SSSR count). The van der Waals surface area contributed by atoms with Crippen molar-refractivity contribution in [2.75, 3.05) is 12.9 Å². The lowest BCUT2D eigenvalue weighted by Crippen LogP contribution is -2.55. The maximum atomic E-state index is 12.5. The van der Waals surface area contributed by atoms with E-state index in [0.717, 1.165) is 5.56 Å². The van der Waals surface area contributed by atoms with Crippen molar-refractivity contribution in [3.05, 3.63) is 35.4 Å². The van der Waals surface area contributed by atoms with Gasteiger partial charge in [0.1, 0.15) is 0 Å². The van der Waals surface area contributed by atoms with Gasteiger partial charge in [0, 0.05) is 17.7 Å². The maximum absolute atomic E-state index is 12.5. The molecule has 1 aromatic rings. The van der Waals surface area contributed by atoms with E-state index in [2.05, 4.69) is 5.32 Å². The summed E-state index contributed by atoms with van der Waals surface area (Å²) in [5.74, 6) is -0.814. The van der Waals surface area contributed by atoms with E-state index in [1.54, 1.807) is 19.1 Å². The van der Waals surface area contributed by atoms with E-state index in [0.29, 0.717) is 12.0 Å². The highest BCUT2D eigenvalue weighted by molar-refractivity contribution is 7.99. The van der Waals surface area contributed by atoms with Crippen molar-refractivity contribution < 1.29 is 19.4 Å². The van der Waals surface area contributed by atoms with Gasteiger partial charge in [0.05, 0.1) is 12.2 Å². The van der Waals surface area contributed by atoms with Crippen LogP contribution in [0, 0.1) is 0 Å². The van der Waals surface area contributed by atoms with Gasteiger partial charge in [0.15, 0.2) is 5.60 Å². The Labute approximate surface area is 134 Å². The number of ether oxygens (including phenoxy) is 1. The Morgan fingerprint density at radius 3 is 2.82 bits per heavy atom. The molecular formula is C16H21NO4S. The Hall–Kier alpha value is -1.53. The van der Waals surface area contributed by atoms with E-state index in [1.165, 1.54) is 11.8 Å². The first kappa shape index (κ1) is 16.8. The summed E-state index contributed by atoms with van der Waals surface area (Å²) in [5.41, 5.74) is 0.101. The van der Waals surface area contributed by atoms with E-state index >= 15 is 0 Å². The van der Waals surface area contributed by atoms with Crippen LogP contribution in [-0.2, 0) is 16.0 Å². The standard InChI is InChI=1S/C16H21NO4S/c1-10(13(9-18)22-3)17-15(20)16(2)8-11-6-4-5-7-12(11)14(19)21-16/h4-7,10,13,18H,8-9H2,1-3H3,(H,17,20)/t10-,13-,16-/m1/s1. The number of cyclic esters (lactones) is 1. The fourth-order valence-corrected chi connectivity index (χ4v) is 3.17. The van der Waals surface area contributed by atoms with Crippen LogP contribution in [0.25, 0.3) is 0 Å². The average Bonchev–Trinajstić information content (AvgIpc) is 2.48. The number of hydrogen-bond donors (Lipinski definition) is 2. The predicted octanol–water partition coefficient (Wildman–Crippen LogP) is 1.39. The summed E-state index contributed by atoms with van der Waals surface area (Å²) in [6, 6.07) is 6.93. The number of esters is 1. The van der Waals surface area contributed by atoms with Crippen molar-refractivity contribution in [1.29, 1.82) is 0 Å². The number of hydrogen-bond acceptors (Lipinski definition) is 5. The molecule has 5 nitrogen and oxygen atoms in total. The van der Waals surface area contributed by atoms with Crippen LogP contribution in [-0.4, -0.2) is 46.7 Å². The zero-order valence-corrected chi connectivity index (χ0v) is 13.8. The van der Waals surface area contributed by atoms with Crippen LogP contribution in [0.15, 0.2) is 24.3 Å². The quantitative estimate of drug-likeness (QED) is 0.801. The Bertz CT molecular complexity index is 573. The molecule has 1 amide bonds. The van der Waals surface area contributed by atoms with Crippen LogP contribution in [0.2, 0.25) is 0 Å². The van der Waals surface area contributed by atoms with Gasteiger partial charge in [0.25, 0.3) is 5.91 Å². The molecule has 0 spiro atoms. The lowest BCUT2D eigenvalue weighted by molar-refractivity contribution is -0.140. The third-order valence-corrected chi connectivity index (χ3v) is 5.13.